The molecule has 12 heavy (non-hydrogen) atoms. The van der Waals surface area contributed by atoms with E-state index in [-0.39, 0.29) is 0 Å². The Kier molecular flexibility index (Phi) is 3.81. The first-order valence-corrected chi connectivity index (χ1v) is 4.58. The number of likely N-dealkylation sites (N-methyl/N-ethyl adjacent to an activating group) is 1. The molecule has 0 radical (unpaired) electrons. The summed E-state index contributed by atoms with van der Waals surface area (Å²) >= 11 is 0. The number of nitrogens with one attached hydrogen (secondary N) is 1. The Bertz CT molecular complexity index is 202. The van der Waals surface area contributed by atoms with Crippen LogP contribution < -0.4 is 5.32 Å². The maximum atomic E-state index is 3.30. The zero-order valence-electron chi connectivity index (χ0n) is 7.88. The lowest BCUT2D eigenvalue weighted by molar-refractivity contribution is 0.543. The highest BCUT2D eigenvalue weighted by Crippen LogP contribution is 2.04. The molecule has 0 unspecified atom stereocenters. The molecule has 1 aromatic carbocycles. The van der Waals surface area contributed by atoms with Crippen molar-refractivity contribution in [2.24, 2.45) is 0 Å². The third-order valence-electron chi connectivity index (χ3n) is 2.23. The molecule has 0 saturated carbocycles. The van der Waals surface area contributed by atoms with Gasteiger partial charge in [-0.1, -0.05) is 37.3 Å². The predicted octanol–water partition coefficient (Wildman–Crippen LogP) is 2.23. The summed E-state index contributed by atoms with van der Waals surface area (Å²) in [5, 5.41) is 3.30. The number of benzene rings is 1. The predicted molar refractivity (Wildman–Crippen MR) is 53.3 cm³/mol. The van der Waals surface area contributed by atoms with Crippen molar-refractivity contribution in [3.63, 3.8) is 0 Å². The molecule has 0 aliphatic rings. The zero-order chi connectivity index (χ0) is 8.81. The van der Waals surface area contributed by atoms with Crippen molar-refractivity contribution in [2.75, 3.05) is 7.05 Å². The van der Waals surface area contributed by atoms with E-state index in [1.54, 1.807) is 0 Å². The topological polar surface area (TPSA) is 12.0 Å². The quantitative estimate of drug-likeness (QED) is 0.717. The van der Waals surface area contributed by atoms with Crippen molar-refractivity contribution in [1.29, 1.82) is 0 Å². The Morgan fingerprint density at radius 3 is 2.42 bits per heavy atom. The molecule has 0 saturated heterocycles. The van der Waals surface area contributed by atoms with Crippen molar-refractivity contribution in [3.05, 3.63) is 35.9 Å². The minimum absolute atomic E-state index is 0.618. The Morgan fingerprint density at radius 1 is 1.25 bits per heavy atom. The summed E-state index contributed by atoms with van der Waals surface area (Å²) in [6.07, 6.45) is 2.32. The molecule has 0 spiro atoms. The summed E-state index contributed by atoms with van der Waals surface area (Å²) in [6, 6.07) is 11.2. The first kappa shape index (κ1) is 9.27. The zero-order valence-corrected chi connectivity index (χ0v) is 7.88. The van der Waals surface area contributed by atoms with E-state index in [9.17, 15) is 0 Å². The lowest BCUT2D eigenvalue weighted by atomic mass is 10.0. The van der Waals surface area contributed by atoms with E-state index in [2.05, 4.69) is 42.6 Å². The van der Waals surface area contributed by atoms with Crippen molar-refractivity contribution in [1.82, 2.24) is 5.32 Å². The van der Waals surface area contributed by atoms with Gasteiger partial charge in [0.2, 0.25) is 0 Å². The normalized spacial score (nSPS) is 12.8. The van der Waals surface area contributed by atoms with E-state index in [4.69, 9.17) is 0 Å². The van der Waals surface area contributed by atoms with Gasteiger partial charge in [0.15, 0.2) is 0 Å². The summed E-state index contributed by atoms with van der Waals surface area (Å²) in [4.78, 5) is 0. The molecule has 1 N–H and O–H groups in total. The lowest BCUT2D eigenvalue weighted by Gasteiger charge is -2.13. The van der Waals surface area contributed by atoms with Crippen LogP contribution in [0.15, 0.2) is 30.3 Å². The third kappa shape index (κ3) is 2.67. The Labute approximate surface area is 74.8 Å². The van der Waals surface area contributed by atoms with Crippen LogP contribution in [0.1, 0.15) is 18.9 Å². The van der Waals surface area contributed by atoms with Crippen molar-refractivity contribution in [2.45, 2.75) is 25.8 Å². The highest BCUT2D eigenvalue weighted by Gasteiger charge is 2.02. The maximum absolute atomic E-state index is 3.30. The van der Waals surface area contributed by atoms with Crippen LogP contribution in [0.5, 0.6) is 0 Å². The molecule has 1 heteroatoms. The van der Waals surface area contributed by atoms with Gasteiger partial charge < -0.3 is 5.32 Å². The molecule has 0 amide bonds. The van der Waals surface area contributed by atoms with Gasteiger partial charge in [0.25, 0.3) is 0 Å². The van der Waals surface area contributed by atoms with E-state index in [1.165, 1.54) is 12.0 Å². The molecule has 0 aliphatic carbocycles. The minimum Gasteiger partial charge on any atom is -0.317 e. The molecule has 66 valence electrons. The molecule has 1 rings (SSSR count). The van der Waals surface area contributed by atoms with E-state index in [0.717, 1.165) is 6.42 Å². The molecule has 1 nitrogen and oxygen atoms in total. The van der Waals surface area contributed by atoms with Crippen LogP contribution in [-0.4, -0.2) is 13.1 Å². The van der Waals surface area contributed by atoms with Gasteiger partial charge in [0.05, 0.1) is 0 Å². The Hall–Kier alpha value is -0.820. The second-order valence-electron chi connectivity index (χ2n) is 3.08. The van der Waals surface area contributed by atoms with Crippen LogP contribution in [0.25, 0.3) is 0 Å². The van der Waals surface area contributed by atoms with Crippen LogP contribution in [-0.2, 0) is 6.42 Å². The number of hydrogen-bond donors (Lipinski definition) is 1. The molecule has 1 atom stereocenters. The fourth-order valence-electron chi connectivity index (χ4n) is 1.35. The van der Waals surface area contributed by atoms with E-state index >= 15 is 0 Å². The Morgan fingerprint density at radius 2 is 1.92 bits per heavy atom. The minimum atomic E-state index is 0.618. The van der Waals surface area contributed by atoms with Gasteiger partial charge in [-0.2, -0.15) is 0 Å². The summed E-state index contributed by atoms with van der Waals surface area (Å²) in [5.74, 6) is 0. The standard InChI is InChI=1S/C11H17N/c1-3-11(12-2)9-10-7-5-4-6-8-10/h4-8,11-12H,3,9H2,1-2H3/t11-/m1/s1. The van der Waals surface area contributed by atoms with Crippen LogP contribution in [0, 0.1) is 0 Å². The van der Waals surface area contributed by atoms with Crippen LogP contribution >= 0.6 is 0 Å². The molecule has 0 bridgehead atoms. The van der Waals surface area contributed by atoms with Gasteiger partial charge >= 0.3 is 0 Å². The van der Waals surface area contributed by atoms with E-state index in [0.29, 0.717) is 6.04 Å². The SMILES string of the molecule is CC[C@H](Cc1ccccc1)NC. The number of rotatable bonds is 4. The van der Waals surface area contributed by atoms with Gasteiger partial charge in [-0.15, -0.1) is 0 Å². The average Bonchev–Trinajstić information content (AvgIpc) is 2.16. The van der Waals surface area contributed by atoms with Gasteiger partial charge in [-0.25, -0.2) is 0 Å². The van der Waals surface area contributed by atoms with Crippen molar-refractivity contribution >= 4 is 0 Å². The van der Waals surface area contributed by atoms with E-state index < -0.39 is 0 Å². The molecular weight excluding hydrogens is 146 g/mol. The molecule has 0 aliphatic heterocycles. The summed E-state index contributed by atoms with van der Waals surface area (Å²) in [7, 11) is 2.02. The van der Waals surface area contributed by atoms with E-state index in [1.807, 2.05) is 7.05 Å². The van der Waals surface area contributed by atoms with Gasteiger partial charge in [-0.05, 0) is 25.5 Å². The van der Waals surface area contributed by atoms with Crippen LogP contribution in [0.3, 0.4) is 0 Å². The molecule has 0 heterocycles. The summed E-state index contributed by atoms with van der Waals surface area (Å²) < 4.78 is 0. The van der Waals surface area contributed by atoms with Gasteiger partial charge in [0.1, 0.15) is 0 Å². The largest absolute Gasteiger partial charge is 0.317 e. The fourth-order valence-corrected chi connectivity index (χ4v) is 1.35. The fraction of sp³-hybridized carbons (Fsp3) is 0.455. The first-order chi connectivity index (χ1) is 5.86. The second-order valence-corrected chi connectivity index (χ2v) is 3.08. The first-order valence-electron chi connectivity index (χ1n) is 4.58. The summed E-state index contributed by atoms with van der Waals surface area (Å²) in [5.41, 5.74) is 1.42. The van der Waals surface area contributed by atoms with Crippen LogP contribution in [0.2, 0.25) is 0 Å². The van der Waals surface area contributed by atoms with Crippen molar-refractivity contribution in [3.8, 4) is 0 Å². The highest BCUT2D eigenvalue weighted by atomic mass is 14.9. The number of hydrogen-bond acceptors (Lipinski definition) is 1. The van der Waals surface area contributed by atoms with Crippen molar-refractivity contribution < 1.29 is 0 Å². The molecule has 0 fully saturated rings. The molecule has 1 aromatic rings. The highest BCUT2D eigenvalue weighted by molar-refractivity contribution is 5.15. The van der Waals surface area contributed by atoms with Gasteiger partial charge in [0, 0.05) is 6.04 Å². The smallest absolute Gasteiger partial charge is 0.0102 e. The van der Waals surface area contributed by atoms with Gasteiger partial charge in [-0.3, -0.25) is 0 Å². The second kappa shape index (κ2) is 4.94. The average molecular weight is 163 g/mol. The Balaban J connectivity index is 2.51. The monoisotopic (exact) mass is 163 g/mol. The molecule has 0 aromatic heterocycles. The lowest BCUT2D eigenvalue weighted by Crippen LogP contribution is -2.26. The maximum Gasteiger partial charge on any atom is 0.0102 e. The third-order valence-corrected chi connectivity index (χ3v) is 2.23. The van der Waals surface area contributed by atoms with Crippen LogP contribution in [0.4, 0.5) is 0 Å². The molecular formula is C11H17N. The summed E-state index contributed by atoms with van der Waals surface area (Å²) in [6.45, 7) is 2.21.